The van der Waals surface area contributed by atoms with E-state index in [0.717, 1.165) is 62.3 Å². The zero-order valence-electron chi connectivity index (χ0n) is 20.7. The third kappa shape index (κ3) is 4.81. The SMILES string of the molecule is O=S(=O)(NCC1CCC(CNC2=N[C@@H]3CCc4ccccc4[C@@H]3C2)CC1)c1cccc2ccccc12. The molecule has 0 bridgehead atoms. The van der Waals surface area contributed by atoms with Crippen LogP contribution in [-0.2, 0) is 16.4 Å². The quantitative estimate of drug-likeness (QED) is 0.474. The number of nitrogens with one attached hydrogen (secondary N) is 2. The van der Waals surface area contributed by atoms with Gasteiger partial charge in [-0.2, -0.15) is 0 Å². The van der Waals surface area contributed by atoms with E-state index in [9.17, 15) is 8.42 Å². The predicted octanol–water partition coefficient (Wildman–Crippen LogP) is 5.41. The van der Waals surface area contributed by atoms with Gasteiger partial charge in [-0.3, -0.25) is 4.99 Å². The van der Waals surface area contributed by atoms with Crippen LogP contribution in [0.4, 0.5) is 0 Å². The van der Waals surface area contributed by atoms with Gasteiger partial charge in [0.2, 0.25) is 10.0 Å². The second-order valence-corrected chi connectivity index (χ2v) is 12.5. The van der Waals surface area contributed by atoms with Crippen molar-refractivity contribution in [2.45, 2.75) is 61.8 Å². The Morgan fingerprint density at radius 3 is 2.39 bits per heavy atom. The molecule has 1 heterocycles. The highest BCUT2D eigenvalue weighted by atomic mass is 32.2. The first-order valence-electron chi connectivity index (χ1n) is 13.4. The maximum Gasteiger partial charge on any atom is 0.241 e. The van der Waals surface area contributed by atoms with Crippen LogP contribution >= 0.6 is 0 Å². The lowest BCUT2D eigenvalue weighted by Gasteiger charge is -2.29. The van der Waals surface area contributed by atoms with Crippen LogP contribution in [0.5, 0.6) is 0 Å². The fourth-order valence-electron chi connectivity index (χ4n) is 6.45. The van der Waals surface area contributed by atoms with Gasteiger partial charge in [-0.25, -0.2) is 13.1 Å². The number of amidine groups is 1. The highest BCUT2D eigenvalue weighted by molar-refractivity contribution is 7.89. The number of sulfonamides is 1. The average Bonchev–Trinajstić information content (AvgIpc) is 3.35. The molecule has 5 nitrogen and oxygen atoms in total. The maximum absolute atomic E-state index is 13.1. The summed E-state index contributed by atoms with van der Waals surface area (Å²) in [6.07, 6.45) is 7.74. The highest BCUT2D eigenvalue weighted by Gasteiger charge is 2.35. The van der Waals surface area contributed by atoms with Crippen LogP contribution in [0, 0.1) is 11.8 Å². The Balaban J connectivity index is 0.982. The number of nitrogens with zero attached hydrogens (tertiary/aromatic N) is 1. The van der Waals surface area contributed by atoms with Crippen LogP contribution in [0.1, 0.15) is 55.6 Å². The largest absolute Gasteiger partial charge is 0.374 e. The molecular formula is C30H35N3O2S. The van der Waals surface area contributed by atoms with Gasteiger partial charge >= 0.3 is 0 Å². The van der Waals surface area contributed by atoms with Crippen LogP contribution in [-0.4, -0.2) is 33.4 Å². The van der Waals surface area contributed by atoms with Gasteiger partial charge in [0, 0.05) is 30.8 Å². The number of fused-ring (bicyclic) bond motifs is 4. The first kappa shape index (κ1) is 23.7. The van der Waals surface area contributed by atoms with Crippen molar-refractivity contribution in [2.75, 3.05) is 13.1 Å². The van der Waals surface area contributed by atoms with Crippen molar-refractivity contribution in [1.82, 2.24) is 10.0 Å². The zero-order chi connectivity index (χ0) is 24.5. The van der Waals surface area contributed by atoms with E-state index in [2.05, 4.69) is 34.3 Å². The summed E-state index contributed by atoms with van der Waals surface area (Å²) in [5.74, 6) is 2.76. The van der Waals surface area contributed by atoms with Crippen LogP contribution in [0.15, 0.2) is 76.6 Å². The molecule has 3 aliphatic rings. The molecule has 6 heteroatoms. The number of rotatable bonds is 6. The molecule has 6 rings (SSSR count). The molecule has 2 N–H and O–H groups in total. The van der Waals surface area contributed by atoms with Crippen molar-refractivity contribution >= 4 is 26.6 Å². The zero-order valence-corrected chi connectivity index (χ0v) is 21.5. The lowest BCUT2D eigenvalue weighted by Crippen LogP contribution is -2.34. The van der Waals surface area contributed by atoms with E-state index < -0.39 is 10.0 Å². The number of benzene rings is 3. The Labute approximate surface area is 214 Å². The third-order valence-corrected chi connectivity index (χ3v) is 10.0. The first-order valence-corrected chi connectivity index (χ1v) is 14.9. The summed E-state index contributed by atoms with van der Waals surface area (Å²) in [4.78, 5) is 5.42. The summed E-state index contributed by atoms with van der Waals surface area (Å²) in [6.45, 7) is 1.50. The first-order chi connectivity index (χ1) is 17.6. The second-order valence-electron chi connectivity index (χ2n) is 10.8. The number of hydrogen-bond donors (Lipinski definition) is 2. The van der Waals surface area contributed by atoms with E-state index in [-0.39, 0.29) is 0 Å². The van der Waals surface area contributed by atoms with Gasteiger partial charge < -0.3 is 5.32 Å². The minimum absolute atomic E-state index is 0.374. The second kappa shape index (κ2) is 9.98. The molecule has 2 atom stereocenters. The fourth-order valence-corrected chi connectivity index (χ4v) is 7.80. The molecule has 0 aromatic heterocycles. The molecule has 0 spiro atoms. The summed E-state index contributed by atoms with van der Waals surface area (Å²) in [6, 6.07) is 22.4. The Bertz CT molecular complexity index is 1370. The van der Waals surface area contributed by atoms with Crippen molar-refractivity contribution in [3.8, 4) is 0 Å². The Morgan fingerprint density at radius 2 is 1.53 bits per heavy atom. The van der Waals surface area contributed by atoms with Crippen LogP contribution in [0.2, 0.25) is 0 Å². The van der Waals surface area contributed by atoms with Gasteiger partial charge in [0.1, 0.15) is 0 Å². The number of aryl methyl sites for hydroxylation is 1. The molecule has 3 aromatic rings. The lowest BCUT2D eigenvalue weighted by molar-refractivity contribution is 0.275. The molecule has 0 unspecified atom stereocenters. The van der Waals surface area contributed by atoms with E-state index in [4.69, 9.17) is 4.99 Å². The van der Waals surface area contributed by atoms with Gasteiger partial charge in [0.05, 0.1) is 16.8 Å². The van der Waals surface area contributed by atoms with Crippen LogP contribution in [0.25, 0.3) is 10.8 Å². The fraction of sp³-hybridized carbons (Fsp3) is 0.433. The van der Waals surface area contributed by atoms with Gasteiger partial charge in [0.25, 0.3) is 0 Å². The van der Waals surface area contributed by atoms with E-state index in [1.54, 1.807) is 6.07 Å². The molecule has 0 saturated heterocycles. The van der Waals surface area contributed by atoms with Crippen molar-refractivity contribution in [1.29, 1.82) is 0 Å². The smallest absolute Gasteiger partial charge is 0.241 e. The van der Waals surface area contributed by atoms with E-state index in [1.165, 1.54) is 17.0 Å². The summed E-state index contributed by atoms with van der Waals surface area (Å²) in [5.41, 5.74) is 3.00. The van der Waals surface area contributed by atoms with Gasteiger partial charge in [-0.1, -0.05) is 60.7 Å². The molecule has 1 fully saturated rings. The Kier molecular flexibility index (Phi) is 6.57. The molecule has 3 aromatic carbocycles. The standard InChI is InChI=1S/C30H35N3O2S/c34-36(35,29-11-5-8-23-6-2-4-10-26(23)29)32-20-22-14-12-21(13-15-22)19-31-30-18-27-25-9-3-1-7-24(25)16-17-28(27)33-30/h1-11,21-22,27-28,32H,12-20H2,(H,31,33)/t21?,22?,27-,28+/m0/s1. The molecule has 1 aliphatic heterocycles. The van der Waals surface area contributed by atoms with Crippen LogP contribution < -0.4 is 10.0 Å². The highest BCUT2D eigenvalue weighted by Crippen LogP contribution is 2.39. The van der Waals surface area contributed by atoms with E-state index in [1.807, 2.05) is 36.4 Å². The summed E-state index contributed by atoms with van der Waals surface area (Å²) < 4.78 is 29.0. The minimum Gasteiger partial charge on any atom is -0.374 e. The lowest BCUT2D eigenvalue weighted by atomic mass is 9.79. The molecule has 2 aliphatic carbocycles. The number of aliphatic imine (C=N–C) groups is 1. The van der Waals surface area contributed by atoms with Crippen molar-refractivity contribution in [3.05, 3.63) is 77.9 Å². The maximum atomic E-state index is 13.1. The topological polar surface area (TPSA) is 70.6 Å². The van der Waals surface area contributed by atoms with Crippen molar-refractivity contribution in [2.24, 2.45) is 16.8 Å². The minimum atomic E-state index is -3.53. The molecule has 36 heavy (non-hydrogen) atoms. The van der Waals surface area contributed by atoms with E-state index >= 15 is 0 Å². The molecule has 0 amide bonds. The van der Waals surface area contributed by atoms with Crippen molar-refractivity contribution < 1.29 is 8.42 Å². The number of hydrogen-bond acceptors (Lipinski definition) is 4. The summed E-state index contributed by atoms with van der Waals surface area (Å²) in [7, 11) is -3.53. The van der Waals surface area contributed by atoms with Gasteiger partial charge in [-0.15, -0.1) is 0 Å². The van der Waals surface area contributed by atoms with E-state index in [0.29, 0.717) is 35.2 Å². The van der Waals surface area contributed by atoms with Gasteiger partial charge in [0.15, 0.2) is 0 Å². The van der Waals surface area contributed by atoms with Gasteiger partial charge in [-0.05, 0) is 72.9 Å². The molecule has 188 valence electrons. The Morgan fingerprint density at radius 1 is 0.806 bits per heavy atom. The van der Waals surface area contributed by atoms with Crippen molar-refractivity contribution in [3.63, 3.8) is 0 Å². The van der Waals surface area contributed by atoms with Crippen LogP contribution in [0.3, 0.4) is 0 Å². The third-order valence-electron chi connectivity index (χ3n) is 8.53. The summed E-state index contributed by atoms with van der Waals surface area (Å²) in [5, 5.41) is 5.41. The molecule has 0 radical (unpaired) electrons. The molecular weight excluding hydrogens is 466 g/mol. The molecule has 1 saturated carbocycles. The predicted molar refractivity (Wildman–Crippen MR) is 146 cm³/mol. The monoisotopic (exact) mass is 501 g/mol. The Hall–Kier alpha value is -2.70. The summed E-state index contributed by atoms with van der Waals surface area (Å²) >= 11 is 0. The normalized spacial score (nSPS) is 25.7. The average molecular weight is 502 g/mol.